The van der Waals surface area contributed by atoms with Crippen LogP contribution < -0.4 is 10.1 Å². The van der Waals surface area contributed by atoms with Crippen molar-refractivity contribution in [3.05, 3.63) is 23.3 Å². The highest BCUT2D eigenvalue weighted by atomic mass is 16.6. The lowest BCUT2D eigenvalue weighted by Crippen LogP contribution is -2.50. The smallest absolute Gasteiger partial charge is 0.407 e. The minimum atomic E-state index is -0.866. The van der Waals surface area contributed by atoms with E-state index < -0.39 is 29.4 Å². The molecule has 0 spiro atoms. The molecule has 0 unspecified atom stereocenters. The maximum Gasteiger partial charge on any atom is 0.407 e. The van der Waals surface area contributed by atoms with Gasteiger partial charge < -0.3 is 29.4 Å². The number of phenolic OH excluding ortho intramolecular Hbond substituents is 1. The van der Waals surface area contributed by atoms with Gasteiger partial charge in [-0.3, -0.25) is 0 Å². The zero-order chi connectivity index (χ0) is 21.1. The Morgan fingerprint density at radius 3 is 2.21 bits per heavy atom. The highest BCUT2D eigenvalue weighted by molar-refractivity contribution is 6.05. The summed E-state index contributed by atoms with van der Waals surface area (Å²) in [5.41, 5.74) is -1.03. The molecule has 2 N–H and O–H groups in total. The molecule has 1 aromatic rings. The van der Waals surface area contributed by atoms with Crippen molar-refractivity contribution in [1.82, 2.24) is 5.32 Å². The maximum atomic E-state index is 12.0. The molecule has 1 aliphatic rings. The van der Waals surface area contributed by atoms with Crippen LogP contribution in [0.5, 0.6) is 11.5 Å². The molecule has 0 heterocycles. The van der Waals surface area contributed by atoms with Gasteiger partial charge in [0.1, 0.15) is 28.8 Å². The van der Waals surface area contributed by atoms with Gasteiger partial charge in [0.15, 0.2) is 0 Å². The number of carbonyl (C=O) groups is 3. The van der Waals surface area contributed by atoms with E-state index in [-0.39, 0.29) is 29.0 Å². The molecule has 0 radical (unpaired) electrons. The zero-order valence-electron chi connectivity index (χ0n) is 16.5. The molecular formula is C19H25NO8. The first-order valence-electron chi connectivity index (χ1n) is 8.74. The second-order valence-electron chi connectivity index (χ2n) is 7.40. The second-order valence-corrected chi connectivity index (χ2v) is 7.40. The predicted octanol–water partition coefficient (Wildman–Crippen LogP) is 2.40. The van der Waals surface area contributed by atoms with Gasteiger partial charge in [-0.1, -0.05) is 0 Å². The van der Waals surface area contributed by atoms with Gasteiger partial charge in [-0.25, -0.2) is 14.4 Å². The number of amides is 1. The van der Waals surface area contributed by atoms with Crippen LogP contribution in [-0.2, 0) is 14.2 Å². The summed E-state index contributed by atoms with van der Waals surface area (Å²) in [7, 11) is 2.30. The lowest BCUT2D eigenvalue weighted by Gasteiger charge is -2.36. The number of ether oxygens (including phenoxy) is 4. The summed E-state index contributed by atoms with van der Waals surface area (Å²) in [5.74, 6) is -1.92. The first-order valence-corrected chi connectivity index (χ1v) is 8.74. The van der Waals surface area contributed by atoms with Gasteiger partial charge in [-0.2, -0.15) is 0 Å². The molecule has 1 amide bonds. The largest absolute Gasteiger partial charge is 0.507 e. The molecule has 2 rings (SSSR count). The Hall–Kier alpha value is -2.97. The van der Waals surface area contributed by atoms with Crippen molar-refractivity contribution in [2.24, 2.45) is 0 Å². The van der Waals surface area contributed by atoms with Gasteiger partial charge in [0.25, 0.3) is 0 Å². The Balaban J connectivity index is 2.02. The summed E-state index contributed by atoms with van der Waals surface area (Å²) in [5, 5.41) is 12.9. The minimum absolute atomic E-state index is 0.0946. The van der Waals surface area contributed by atoms with Crippen LogP contribution in [0.2, 0.25) is 0 Å². The van der Waals surface area contributed by atoms with E-state index in [2.05, 4.69) is 14.8 Å². The van der Waals surface area contributed by atoms with Crippen LogP contribution in [0, 0.1) is 0 Å². The molecule has 0 saturated heterocycles. The summed E-state index contributed by atoms with van der Waals surface area (Å²) in [4.78, 5) is 35.5. The number of carbonyl (C=O) groups excluding carboxylic acids is 3. The number of aromatic hydroxyl groups is 1. The maximum absolute atomic E-state index is 12.0. The van der Waals surface area contributed by atoms with Crippen molar-refractivity contribution in [2.75, 3.05) is 14.2 Å². The van der Waals surface area contributed by atoms with Crippen LogP contribution in [-0.4, -0.2) is 55.1 Å². The summed E-state index contributed by atoms with van der Waals surface area (Å²) in [6.45, 7) is 5.34. The first-order chi connectivity index (χ1) is 13.0. The van der Waals surface area contributed by atoms with Gasteiger partial charge in [0, 0.05) is 24.9 Å². The molecule has 1 fully saturated rings. The van der Waals surface area contributed by atoms with Crippen LogP contribution in [0.25, 0.3) is 0 Å². The molecule has 1 aliphatic carbocycles. The third-order valence-corrected chi connectivity index (χ3v) is 4.00. The van der Waals surface area contributed by atoms with Crippen LogP contribution in [0.3, 0.4) is 0 Å². The van der Waals surface area contributed by atoms with E-state index in [4.69, 9.17) is 9.47 Å². The number of alkyl carbamates (subject to hydrolysis) is 1. The Morgan fingerprint density at radius 2 is 1.68 bits per heavy atom. The van der Waals surface area contributed by atoms with E-state index in [1.807, 2.05) is 0 Å². The van der Waals surface area contributed by atoms with E-state index in [0.717, 1.165) is 14.2 Å². The van der Waals surface area contributed by atoms with Gasteiger partial charge in [-0.05, 0) is 26.8 Å². The molecule has 1 saturated carbocycles. The zero-order valence-corrected chi connectivity index (χ0v) is 16.5. The molecule has 28 heavy (non-hydrogen) atoms. The number of nitrogens with one attached hydrogen (secondary N) is 1. The Morgan fingerprint density at radius 1 is 1.07 bits per heavy atom. The van der Waals surface area contributed by atoms with Crippen molar-refractivity contribution < 1.29 is 38.4 Å². The summed E-state index contributed by atoms with van der Waals surface area (Å²) < 4.78 is 20.2. The van der Waals surface area contributed by atoms with Crippen molar-refractivity contribution in [2.45, 2.75) is 51.4 Å². The number of phenols is 1. The summed E-state index contributed by atoms with van der Waals surface area (Å²) in [6, 6.07) is 2.45. The van der Waals surface area contributed by atoms with Gasteiger partial charge in [0.05, 0.1) is 19.8 Å². The van der Waals surface area contributed by atoms with Crippen molar-refractivity contribution in [1.29, 1.82) is 0 Å². The number of hydrogen-bond acceptors (Lipinski definition) is 8. The number of hydrogen-bond donors (Lipinski definition) is 2. The topological polar surface area (TPSA) is 120 Å². The monoisotopic (exact) mass is 395 g/mol. The fraction of sp³-hybridized carbons (Fsp3) is 0.526. The number of esters is 2. The van der Waals surface area contributed by atoms with Crippen molar-refractivity contribution in [3.63, 3.8) is 0 Å². The van der Waals surface area contributed by atoms with Crippen molar-refractivity contribution in [3.8, 4) is 11.5 Å². The third-order valence-electron chi connectivity index (χ3n) is 4.00. The van der Waals surface area contributed by atoms with Crippen LogP contribution >= 0.6 is 0 Å². The quantitative estimate of drug-likeness (QED) is 0.576. The van der Waals surface area contributed by atoms with Crippen LogP contribution in [0.15, 0.2) is 12.1 Å². The molecule has 0 bridgehead atoms. The predicted molar refractivity (Wildman–Crippen MR) is 97.6 cm³/mol. The molecular weight excluding hydrogens is 370 g/mol. The Bertz CT molecular complexity index is 762. The molecule has 0 aliphatic heterocycles. The SMILES string of the molecule is COC(=O)c1cc(OC2CC(NC(=O)OC(C)(C)C)C2)cc(O)c1C(=O)OC. The molecule has 0 aromatic heterocycles. The molecule has 9 heteroatoms. The molecule has 1 aromatic carbocycles. The Kier molecular flexibility index (Phi) is 6.37. The average Bonchev–Trinajstić information content (AvgIpc) is 2.56. The van der Waals surface area contributed by atoms with Gasteiger partial charge >= 0.3 is 18.0 Å². The average molecular weight is 395 g/mol. The van der Waals surface area contributed by atoms with Crippen molar-refractivity contribution >= 4 is 18.0 Å². The van der Waals surface area contributed by atoms with E-state index in [1.165, 1.54) is 12.1 Å². The highest BCUT2D eigenvalue weighted by Crippen LogP contribution is 2.33. The summed E-state index contributed by atoms with van der Waals surface area (Å²) >= 11 is 0. The fourth-order valence-electron chi connectivity index (χ4n) is 2.70. The standard InChI is InChI=1S/C19H25NO8/c1-19(2,3)28-18(24)20-10-6-11(7-10)27-12-8-13(16(22)25-4)15(14(21)9-12)17(23)26-5/h8-11,21H,6-7H2,1-5H3,(H,20,24). The Labute approximate surface area is 162 Å². The van der Waals surface area contributed by atoms with Gasteiger partial charge in [0.2, 0.25) is 0 Å². The van der Waals surface area contributed by atoms with Gasteiger partial charge in [-0.15, -0.1) is 0 Å². The lowest BCUT2D eigenvalue weighted by molar-refractivity contribution is 0.0360. The first kappa shape index (κ1) is 21.3. The van der Waals surface area contributed by atoms with Crippen LogP contribution in [0.1, 0.15) is 54.3 Å². The van der Waals surface area contributed by atoms with E-state index in [0.29, 0.717) is 12.8 Å². The summed E-state index contributed by atoms with van der Waals surface area (Å²) in [6.07, 6.45) is 0.344. The van der Waals surface area contributed by atoms with Crippen LogP contribution in [0.4, 0.5) is 4.79 Å². The number of benzene rings is 1. The number of methoxy groups -OCH3 is 2. The molecule has 9 nitrogen and oxygen atoms in total. The lowest BCUT2D eigenvalue weighted by atomic mass is 9.89. The molecule has 0 atom stereocenters. The third kappa shape index (κ3) is 5.28. The second kappa shape index (κ2) is 8.37. The highest BCUT2D eigenvalue weighted by Gasteiger charge is 2.34. The minimum Gasteiger partial charge on any atom is -0.507 e. The number of rotatable bonds is 5. The van der Waals surface area contributed by atoms with E-state index in [1.54, 1.807) is 20.8 Å². The molecule has 154 valence electrons. The van der Waals surface area contributed by atoms with E-state index >= 15 is 0 Å². The van der Waals surface area contributed by atoms with E-state index in [9.17, 15) is 19.5 Å². The fourth-order valence-corrected chi connectivity index (χ4v) is 2.70. The normalized spacial score (nSPS) is 18.5.